The Morgan fingerprint density at radius 3 is 2.54 bits per heavy atom. The molecule has 0 radical (unpaired) electrons. The summed E-state index contributed by atoms with van der Waals surface area (Å²) < 4.78 is 0.918. The van der Waals surface area contributed by atoms with Gasteiger partial charge >= 0.3 is 0 Å². The first-order valence-electron chi connectivity index (χ1n) is 4.02. The molecule has 0 saturated carbocycles. The van der Waals surface area contributed by atoms with Gasteiger partial charge in [-0.25, -0.2) is 4.98 Å². The van der Waals surface area contributed by atoms with Crippen LogP contribution in [0.4, 0.5) is 5.82 Å². The highest BCUT2D eigenvalue weighted by Crippen LogP contribution is 2.19. The van der Waals surface area contributed by atoms with E-state index in [1.54, 1.807) is 0 Å². The molecule has 1 aromatic heterocycles. The van der Waals surface area contributed by atoms with Gasteiger partial charge in [0.25, 0.3) is 0 Å². The summed E-state index contributed by atoms with van der Waals surface area (Å²) in [7, 11) is 0. The average Bonchev–Trinajstić information content (AvgIpc) is 2.05. The van der Waals surface area contributed by atoms with E-state index in [1.165, 1.54) is 6.42 Å². The van der Waals surface area contributed by atoms with Crippen LogP contribution in [-0.4, -0.2) is 24.9 Å². The van der Waals surface area contributed by atoms with E-state index in [4.69, 9.17) is 4.79 Å². The minimum absolute atomic E-state index is 0.918. The fourth-order valence-electron chi connectivity index (χ4n) is 1.12. The van der Waals surface area contributed by atoms with Gasteiger partial charge in [0.15, 0.2) is 0 Å². The molecule has 0 atom stereocenters. The zero-order valence-corrected chi connectivity index (χ0v) is 8.83. The van der Waals surface area contributed by atoms with Crippen molar-refractivity contribution in [3.63, 3.8) is 0 Å². The van der Waals surface area contributed by atoms with E-state index in [9.17, 15) is 0 Å². The first-order chi connectivity index (χ1) is 6.36. The van der Waals surface area contributed by atoms with E-state index in [2.05, 4.69) is 25.8 Å². The quantitative estimate of drug-likeness (QED) is 0.706. The maximum atomic E-state index is 8.00. The highest BCUT2D eigenvalue weighted by Gasteiger charge is 2.14. The Balaban J connectivity index is 0.000000396. The van der Waals surface area contributed by atoms with Crippen LogP contribution < -0.4 is 4.90 Å². The molecule has 1 aliphatic rings. The number of carbonyl (C=O) groups is 1. The Hall–Kier alpha value is -0.900. The molecule has 0 amide bonds. The van der Waals surface area contributed by atoms with Crippen LogP contribution in [0.25, 0.3) is 0 Å². The molecule has 0 bridgehead atoms. The van der Waals surface area contributed by atoms with Crippen molar-refractivity contribution in [3.8, 4) is 0 Å². The minimum atomic E-state index is 0.918. The van der Waals surface area contributed by atoms with Gasteiger partial charge in [-0.1, -0.05) is 6.07 Å². The number of carbonyl (C=O) groups excluding carboxylic acids is 1. The average molecular weight is 243 g/mol. The topological polar surface area (TPSA) is 33.2 Å². The molecule has 0 N–H and O–H groups in total. The third-order valence-corrected chi connectivity index (χ3v) is 2.32. The molecule has 1 aliphatic heterocycles. The SMILES string of the molecule is Brc1cccc(N2CCC2)n1.C=O. The van der Waals surface area contributed by atoms with Gasteiger partial charge in [-0.2, -0.15) is 0 Å². The second-order valence-corrected chi connectivity index (χ2v) is 3.47. The minimum Gasteiger partial charge on any atom is -0.356 e. The lowest BCUT2D eigenvalue weighted by atomic mass is 10.2. The van der Waals surface area contributed by atoms with E-state index in [0.717, 1.165) is 23.5 Å². The molecule has 2 heterocycles. The van der Waals surface area contributed by atoms with Gasteiger partial charge in [-0.05, 0) is 34.5 Å². The van der Waals surface area contributed by atoms with E-state index < -0.39 is 0 Å². The molecule has 13 heavy (non-hydrogen) atoms. The first-order valence-corrected chi connectivity index (χ1v) is 4.82. The van der Waals surface area contributed by atoms with Crippen molar-refractivity contribution in [1.82, 2.24) is 4.98 Å². The third kappa shape index (κ3) is 2.52. The Morgan fingerprint density at radius 1 is 1.38 bits per heavy atom. The van der Waals surface area contributed by atoms with Crippen molar-refractivity contribution in [3.05, 3.63) is 22.8 Å². The van der Waals surface area contributed by atoms with Crippen LogP contribution in [0.5, 0.6) is 0 Å². The second-order valence-electron chi connectivity index (χ2n) is 2.66. The van der Waals surface area contributed by atoms with Crippen molar-refractivity contribution in [2.75, 3.05) is 18.0 Å². The zero-order chi connectivity index (χ0) is 9.68. The molecule has 0 unspecified atom stereocenters. The number of hydrogen-bond acceptors (Lipinski definition) is 3. The van der Waals surface area contributed by atoms with E-state index in [1.807, 2.05) is 25.0 Å². The maximum Gasteiger partial charge on any atom is 0.129 e. The number of hydrogen-bond donors (Lipinski definition) is 0. The molecule has 1 aromatic rings. The highest BCUT2D eigenvalue weighted by molar-refractivity contribution is 9.10. The lowest BCUT2D eigenvalue weighted by Gasteiger charge is -2.31. The number of pyridine rings is 1. The Labute approximate surface area is 85.9 Å². The fourth-order valence-corrected chi connectivity index (χ4v) is 1.45. The lowest BCUT2D eigenvalue weighted by Crippen LogP contribution is -2.37. The van der Waals surface area contributed by atoms with Crippen molar-refractivity contribution < 1.29 is 4.79 Å². The van der Waals surface area contributed by atoms with Crippen LogP contribution in [0.2, 0.25) is 0 Å². The van der Waals surface area contributed by atoms with E-state index in [0.29, 0.717) is 0 Å². The summed E-state index contributed by atoms with van der Waals surface area (Å²) in [5, 5.41) is 0. The van der Waals surface area contributed by atoms with Gasteiger partial charge < -0.3 is 9.69 Å². The second kappa shape index (κ2) is 4.97. The van der Waals surface area contributed by atoms with Crippen LogP contribution in [0, 0.1) is 0 Å². The summed E-state index contributed by atoms with van der Waals surface area (Å²) >= 11 is 3.35. The smallest absolute Gasteiger partial charge is 0.129 e. The van der Waals surface area contributed by atoms with Crippen molar-refractivity contribution >= 4 is 28.5 Å². The number of halogens is 1. The van der Waals surface area contributed by atoms with Crippen LogP contribution >= 0.6 is 15.9 Å². The summed E-state index contributed by atoms with van der Waals surface area (Å²) in [6.45, 7) is 4.31. The predicted octanol–water partition coefficient (Wildman–Crippen LogP) is 1.87. The number of nitrogens with zero attached hydrogens (tertiary/aromatic N) is 2. The summed E-state index contributed by atoms with van der Waals surface area (Å²) in [5.41, 5.74) is 0. The van der Waals surface area contributed by atoms with Crippen LogP contribution in [0.1, 0.15) is 6.42 Å². The molecule has 0 aliphatic carbocycles. The van der Waals surface area contributed by atoms with Crippen LogP contribution in [0.15, 0.2) is 22.8 Å². The largest absolute Gasteiger partial charge is 0.356 e. The van der Waals surface area contributed by atoms with Gasteiger partial charge in [-0.3, -0.25) is 0 Å². The molecule has 0 aromatic carbocycles. The summed E-state index contributed by atoms with van der Waals surface area (Å²) in [4.78, 5) is 14.6. The van der Waals surface area contributed by atoms with Crippen LogP contribution in [0.3, 0.4) is 0 Å². The van der Waals surface area contributed by atoms with Gasteiger partial charge in [0, 0.05) is 13.1 Å². The van der Waals surface area contributed by atoms with Crippen LogP contribution in [-0.2, 0) is 4.79 Å². The van der Waals surface area contributed by atoms with Crippen molar-refractivity contribution in [2.45, 2.75) is 6.42 Å². The lowest BCUT2D eigenvalue weighted by molar-refractivity contribution is -0.0979. The zero-order valence-electron chi connectivity index (χ0n) is 7.24. The van der Waals surface area contributed by atoms with Crippen molar-refractivity contribution in [2.24, 2.45) is 0 Å². The van der Waals surface area contributed by atoms with Gasteiger partial charge in [0.1, 0.15) is 17.2 Å². The highest BCUT2D eigenvalue weighted by atomic mass is 79.9. The molecule has 0 spiro atoms. The number of anilines is 1. The first kappa shape index (κ1) is 10.2. The molecule has 4 heteroatoms. The number of aromatic nitrogens is 1. The van der Waals surface area contributed by atoms with E-state index in [-0.39, 0.29) is 0 Å². The number of rotatable bonds is 1. The van der Waals surface area contributed by atoms with E-state index >= 15 is 0 Å². The molecule has 1 saturated heterocycles. The summed E-state index contributed by atoms with van der Waals surface area (Å²) in [6.07, 6.45) is 1.30. The van der Waals surface area contributed by atoms with Gasteiger partial charge in [0.2, 0.25) is 0 Å². The summed E-state index contributed by atoms with van der Waals surface area (Å²) in [5.74, 6) is 1.09. The van der Waals surface area contributed by atoms with Crippen molar-refractivity contribution in [1.29, 1.82) is 0 Å². The molecule has 3 nitrogen and oxygen atoms in total. The molecule has 2 rings (SSSR count). The fraction of sp³-hybridized carbons (Fsp3) is 0.333. The maximum absolute atomic E-state index is 8.00. The normalized spacial score (nSPS) is 14.1. The van der Waals surface area contributed by atoms with Gasteiger partial charge in [0.05, 0.1) is 0 Å². The monoisotopic (exact) mass is 242 g/mol. The molecular formula is C9H11BrN2O. The standard InChI is InChI=1S/C8H9BrN2.CH2O/c9-7-3-1-4-8(10-7)11-5-2-6-11;1-2/h1,3-4H,2,5-6H2;1H2. The molecule has 70 valence electrons. The Kier molecular flexibility index (Phi) is 3.89. The predicted molar refractivity (Wildman–Crippen MR) is 55.9 cm³/mol. The third-order valence-electron chi connectivity index (χ3n) is 1.88. The van der Waals surface area contributed by atoms with Gasteiger partial charge in [-0.15, -0.1) is 0 Å². The summed E-state index contributed by atoms with van der Waals surface area (Å²) in [6, 6.07) is 6.01. The molecular weight excluding hydrogens is 232 g/mol. The Bertz CT molecular complexity index is 276. The molecule has 1 fully saturated rings. The Morgan fingerprint density at radius 2 is 2.08 bits per heavy atom.